The van der Waals surface area contributed by atoms with Gasteiger partial charge in [-0.05, 0) is 50.2 Å². The van der Waals surface area contributed by atoms with Crippen LogP contribution in [0.3, 0.4) is 0 Å². The van der Waals surface area contributed by atoms with Crippen molar-refractivity contribution in [2.24, 2.45) is 17.8 Å². The number of esters is 1. The van der Waals surface area contributed by atoms with Gasteiger partial charge in [-0.2, -0.15) is 0 Å². The minimum Gasteiger partial charge on any atom is -0.467 e. The van der Waals surface area contributed by atoms with E-state index in [1.165, 1.54) is 21.0 Å². The second-order valence-corrected chi connectivity index (χ2v) is 13.5. The standard InChI is InChI=1S/C38H55N5O9/c1-22(2)31(36(48)43-32(23(3)4)37(49)51-8)42-34(46)25(6)39-20-30(44)29(19-27-15-11-9-12-16-27)33(45)24(5)40-35(47)26(7)41-38(50)52-21-28-17-13-10-14-18-28/h9-18,22-26,29-32,39,44H,19-21H2,1-8H3,(H,40,47)(H,41,50)(H,42,46)(H,43,48). The molecule has 52 heavy (non-hydrogen) atoms. The van der Waals surface area contributed by atoms with Crippen LogP contribution in [0.25, 0.3) is 0 Å². The van der Waals surface area contributed by atoms with E-state index in [1.54, 1.807) is 58.9 Å². The molecule has 0 aromatic heterocycles. The van der Waals surface area contributed by atoms with Crippen molar-refractivity contribution >= 4 is 35.6 Å². The van der Waals surface area contributed by atoms with Crippen molar-refractivity contribution in [3.8, 4) is 0 Å². The summed E-state index contributed by atoms with van der Waals surface area (Å²) in [7, 11) is 1.23. The summed E-state index contributed by atoms with van der Waals surface area (Å²) in [5.41, 5.74) is 1.55. The smallest absolute Gasteiger partial charge is 0.408 e. The Morgan fingerprint density at radius 3 is 1.69 bits per heavy atom. The molecule has 2 aromatic rings. The molecule has 0 heterocycles. The van der Waals surface area contributed by atoms with Crippen molar-refractivity contribution in [2.45, 2.75) is 97.8 Å². The van der Waals surface area contributed by atoms with E-state index in [1.807, 2.05) is 36.4 Å². The van der Waals surface area contributed by atoms with E-state index < -0.39 is 77.8 Å². The Labute approximate surface area is 306 Å². The van der Waals surface area contributed by atoms with Crippen LogP contribution in [0.1, 0.15) is 59.6 Å². The molecule has 0 aliphatic carbocycles. The van der Waals surface area contributed by atoms with Crippen molar-refractivity contribution in [1.29, 1.82) is 0 Å². The zero-order valence-electron chi connectivity index (χ0n) is 31.3. The Hall–Kier alpha value is -4.82. The largest absolute Gasteiger partial charge is 0.467 e. The molecule has 0 saturated heterocycles. The second-order valence-electron chi connectivity index (χ2n) is 13.5. The number of ketones is 1. The van der Waals surface area contributed by atoms with Crippen molar-refractivity contribution in [3.63, 3.8) is 0 Å². The van der Waals surface area contributed by atoms with Crippen LogP contribution in [0.4, 0.5) is 4.79 Å². The maximum absolute atomic E-state index is 13.7. The first-order chi connectivity index (χ1) is 24.5. The van der Waals surface area contributed by atoms with Gasteiger partial charge in [0.1, 0.15) is 24.7 Å². The predicted octanol–water partition coefficient (Wildman–Crippen LogP) is 2.03. The van der Waals surface area contributed by atoms with E-state index in [4.69, 9.17) is 9.47 Å². The number of ether oxygens (including phenoxy) is 2. The minimum absolute atomic E-state index is 0.0205. The molecule has 0 aliphatic heterocycles. The van der Waals surface area contributed by atoms with Crippen LogP contribution in [0.5, 0.6) is 0 Å². The number of benzene rings is 2. The lowest BCUT2D eigenvalue weighted by Gasteiger charge is -2.28. The van der Waals surface area contributed by atoms with Gasteiger partial charge in [-0.15, -0.1) is 0 Å². The highest BCUT2D eigenvalue weighted by Crippen LogP contribution is 2.17. The summed E-state index contributed by atoms with van der Waals surface area (Å²) in [6, 6.07) is 13.3. The lowest BCUT2D eigenvalue weighted by Crippen LogP contribution is -2.58. The van der Waals surface area contributed by atoms with Crippen LogP contribution in [0.15, 0.2) is 60.7 Å². The molecule has 0 radical (unpaired) electrons. The Kier molecular flexibility index (Phi) is 17.9. The summed E-state index contributed by atoms with van der Waals surface area (Å²) < 4.78 is 9.98. The van der Waals surface area contributed by atoms with E-state index in [2.05, 4.69) is 26.6 Å². The molecule has 0 bridgehead atoms. The molecule has 0 fully saturated rings. The fourth-order valence-electron chi connectivity index (χ4n) is 5.25. The molecule has 7 atom stereocenters. The third-order valence-corrected chi connectivity index (χ3v) is 8.55. The Balaban J connectivity index is 2.05. The quantitative estimate of drug-likeness (QED) is 0.110. The third-order valence-electron chi connectivity index (χ3n) is 8.55. The monoisotopic (exact) mass is 725 g/mol. The summed E-state index contributed by atoms with van der Waals surface area (Å²) in [5.74, 6) is -4.31. The molecule has 4 amide bonds. The fourth-order valence-corrected chi connectivity index (χ4v) is 5.25. The number of aliphatic hydroxyl groups excluding tert-OH is 1. The minimum atomic E-state index is -1.28. The maximum Gasteiger partial charge on any atom is 0.408 e. The molecule has 6 N–H and O–H groups in total. The molecule has 14 heteroatoms. The van der Waals surface area contributed by atoms with Gasteiger partial charge < -0.3 is 41.2 Å². The summed E-state index contributed by atoms with van der Waals surface area (Å²) in [6.07, 6.45) is -1.93. The Morgan fingerprint density at radius 2 is 1.15 bits per heavy atom. The number of alkyl carbamates (subject to hydrolysis) is 1. The number of hydrogen-bond donors (Lipinski definition) is 6. The summed E-state index contributed by atoms with van der Waals surface area (Å²) >= 11 is 0. The SMILES string of the molecule is COC(=O)C(NC(=O)C(NC(=O)C(C)NCC(O)C(Cc1ccccc1)C(=O)C(C)NC(=O)C(C)NC(=O)OCc1ccccc1)C(C)C)C(C)C. The number of carbonyl (C=O) groups is 6. The molecule has 2 rings (SSSR count). The molecule has 286 valence electrons. The number of nitrogens with one attached hydrogen (secondary N) is 5. The Morgan fingerprint density at radius 1 is 0.635 bits per heavy atom. The zero-order valence-corrected chi connectivity index (χ0v) is 31.3. The van der Waals surface area contributed by atoms with Gasteiger partial charge in [-0.1, -0.05) is 88.4 Å². The van der Waals surface area contributed by atoms with Crippen molar-refractivity contribution in [3.05, 3.63) is 71.8 Å². The van der Waals surface area contributed by atoms with Crippen molar-refractivity contribution < 1.29 is 43.3 Å². The van der Waals surface area contributed by atoms with Gasteiger partial charge in [0.05, 0.1) is 31.2 Å². The molecule has 0 aliphatic rings. The number of aliphatic hydroxyl groups is 1. The lowest BCUT2D eigenvalue weighted by atomic mass is 9.87. The average Bonchev–Trinajstić information content (AvgIpc) is 3.12. The van der Waals surface area contributed by atoms with Gasteiger partial charge in [0.2, 0.25) is 17.7 Å². The Bertz CT molecular complexity index is 1470. The summed E-state index contributed by atoms with van der Waals surface area (Å²) in [4.78, 5) is 77.4. The third kappa shape index (κ3) is 14.1. The first-order valence-corrected chi connectivity index (χ1v) is 17.5. The van der Waals surface area contributed by atoms with Gasteiger partial charge >= 0.3 is 12.1 Å². The predicted molar refractivity (Wildman–Crippen MR) is 194 cm³/mol. The van der Waals surface area contributed by atoms with Crippen LogP contribution < -0.4 is 26.6 Å². The zero-order chi connectivity index (χ0) is 39.0. The number of amides is 4. The fraction of sp³-hybridized carbons (Fsp3) is 0.526. The molecule has 0 spiro atoms. The van der Waals surface area contributed by atoms with Crippen LogP contribution in [0, 0.1) is 17.8 Å². The topological polar surface area (TPSA) is 201 Å². The van der Waals surface area contributed by atoms with Crippen LogP contribution in [-0.4, -0.2) is 90.6 Å². The van der Waals surface area contributed by atoms with Gasteiger partial charge in [0.15, 0.2) is 5.78 Å². The van der Waals surface area contributed by atoms with Crippen molar-refractivity contribution in [1.82, 2.24) is 26.6 Å². The van der Waals surface area contributed by atoms with Gasteiger partial charge in [-0.3, -0.25) is 19.2 Å². The average molecular weight is 726 g/mol. The molecular formula is C38H55N5O9. The van der Waals surface area contributed by atoms with Gasteiger partial charge in [0.25, 0.3) is 0 Å². The van der Waals surface area contributed by atoms with Crippen LogP contribution in [0.2, 0.25) is 0 Å². The van der Waals surface area contributed by atoms with Crippen molar-refractivity contribution in [2.75, 3.05) is 13.7 Å². The number of methoxy groups -OCH3 is 1. The summed E-state index contributed by atoms with van der Waals surface area (Å²) in [5, 5.41) is 24.7. The van der Waals surface area contributed by atoms with Crippen LogP contribution in [-0.2, 0) is 46.5 Å². The van der Waals surface area contributed by atoms with Gasteiger partial charge in [0, 0.05) is 6.54 Å². The van der Waals surface area contributed by atoms with E-state index in [0.717, 1.165) is 11.1 Å². The number of hydrogen-bond acceptors (Lipinski definition) is 10. The summed E-state index contributed by atoms with van der Waals surface area (Å²) in [6.45, 7) is 11.4. The highest BCUT2D eigenvalue weighted by atomic mass is 16.5. The molecule has 0 saturated carbocycles. The van der Waals surface area contributed by atoms with Crippen LogP contribution >= 0.6 is 0 Å². The van der Waals surface area contributed by atoms with E-state index >= 15 is 0 Å². The van der Waals surface area contributed by atoms with E-state index in [0.29, 0.717) is 0 Å². The second kappa shape index (κ2) is 21.5. The normalized spacial score (nSPS) is 15.2. The van der Waals surface area contributed by atoms with Gasteiger partial charge in [-0.25, -0.2) is 9.59 Å². The number of carbonyl (C=O) groups excluding carboxylic acids is 6. The molecule has 14 nitrogen and oxygen atoms in total. The molecule has 2 aromatic carbocycles. The highest BCUT2D eigenvalue weighted by Gasteiger charge is 2.34. The highest BCUT2D eigenvalue weighted by molar-refractivity contribution is 5.93. The first kappa shape index (κ1) is 43.3. The van der Waals surface area contributed by atoms with E-state index in [-0.39, 0.29) is 31.4 Å². The number of rotatable bonds is 20. The maximum atomic E-state index is 13.7. The lowest BCUT2D eigenvalue weighted by molar-refractivity contribution is -0.146. The first-order valence-electron chi connectivity index (χ1n) is 17.5. The molecular weight excluding hydrogens is 670 g/mol. The molecule has 7 unspecified atom stereocenters. The van der Waals surface area contributed by atoms with E-state index in [9.17, 15) is 33.9 Å². The number of Topliss-reactive ketones (excluding diaryl/α,β-unsaturated/α-hetero) is 1.